The third kappa shape index (κ3) is 7.42. The molecule has 42 heavy (non-hydrogen) atoms. The molecule has 2 heterocycles. The number of ether oxygens (including phenoxy) is 2. The lowest BCUT2D eigenvalue weighted by molar-refractivity contribution is -0.107. The predicted molar refractivity (Wildman–Crippen MR) is 166 cm³/mol. The summed E-state index contributed by atoms with van der Waals surface area (Å²) in [5.41, 5.74) is 3.97. The van der Waals surface area contributed by atoms with Gasteiger partial charge in [0.25, 0.3) is 0 Å². The largest absolute Gasteiger partial charge is 0.494 e. The van der Waals surface area contributed by atoms with Crippen molar-refractivity contribution < 1.29 is 19.7 Å². The molecule has 3 N–H and O–H groups in total. The maximum atomic E-state index is 10.1. The highest BCUT2D eigenvalue weighted by atomic mass is 16.5. The monoisotopic (exact) mass is 577 g/mol. The lowest BCUT2D eigenvalue weighted by Gasteiger charge is -2.45. The number of hydrogen-bond acceptors (Lipinski definition) is 9. The first kappa shape index (κ1) is 31.8. The van der Waals surface area contributed by atoms with Gasteiger partial charge in [0.1, 0.15) is 17.8 Å². The van der Waals surface area contributed by atoms with Crippen LogP contribution in [-0.2, 0) is 16.0 Å². The number of nitrogens with one attached hydrogen (secondary N) is 1. The fourth-order valence-corrected chi connectivity index (χ4v) is 6.15. The zero-order valence-electron chi connectivity index (χ0n) is 25.3. The Labute approximate surface area is 250 Å². The number of rotatable bonds is 14. The van der Waals surface area contributed by atoms with Crippen molar-refractivity contribution in [1.82, 2.24) is 10.2 Å². The van der Waals surface area contributed by atoms with Crippen LogP contribution in [0.3, 0.4) is 0 Å². The number of aliphatic hydroxyl groups is 2. The van der Waals surface area contributed by atoms with Crippen LogP contribution in [0.5, 0.6) is 0 Å². The van der Waals surface area contributed by atoms with E-state index in [1.54, 1.807) is 6.34 Å². The number of nitriles is 1. The molecule has 1 saturated carbocycles. The summed E-state index contributed by atoms with van der Waals surface area (Å²) in [5.74, 6) is 0.289. The highest BCUT2D eigenvalue weighted by molar-refractivity contribution is 5.62. The standard InChI is InChI=1S/C33H47N5O4/c1-5-7-30(42-28-17-33(18-28,21-39)22-40)26(19-34)16-24(3)31-29(6-2)32(36-23-35-31)37(4)20-25-8-10-27(11-9-25)38-12-14-41-15-13-38/h6-11,23-24,26,28,32,39-40H,2,5,12-18,20-22H2,1,3-4H3,(H,35,36)/b30-7+/t24?,26-,32+/m0/s1. The van der Waals surface area contributed by atoms with Gasteiger partial charge in [-0.1, -0.05) is 38.6 Å². The predicted octanol–water partition coefficient (Wildman–Crippen LogP) is 3.96. The molecule has 4 rings (SSSR count). The van der Waals surface area contributed by atoms with Crippen molar-refractivity contribution in [2.24, 2.45) is 22.2 Å². The molecule has 0 bridgehead atoms. The highest BCUT2D eigenvalue weighted by Gasteiger charge is 2.45. The molecule has 1 saturated heterocycles. The topological polar surface area (TPSA) is 114 Å². The number of morpholine rings is 1. The van der Waals surface area contributed by atoms with E-state index in [0.717, 1.165) is 50.5 Å². The van der Waals surface area contributed by atoms with Gasteiger partial charge in [-0.05, 0) is 62.4 Å². The lowest BCUT2D eigenvalue weighted by Crippen LogP contribution is -2.47. The van der Waals surface area contributed by atoms with Crippen LogP contribution in [0.2, 0.25) is 0 Å². The first-order chi connectivity index (χ1) is 20.4. The SMILES string of the molecule is C=CC1=C(C(C)C[C@@H](C#N)/C(=C\CC)OC2CC(CO)(CO)C2)NC=N[C@@H]1N(C)Cc1ccc(N2CCOCC2)cc1. The molecule has 3 aliphatic rings. The third-order valence-corrected chi connectivity index (χ3v) is 8.69. The van der Waals surface area contributed by atoms with Crippen LogP contribution in [-0.4, -0.2) is 80.3 Å². The van der Waals surface area contributed by atoms with Crippen molar-refractivity contribution in [2.45, 2.75) is 58.3 Å². The maximum absolute atomic E-state index is 10.1. The van der Waals surface area contributed by atoms with Gasteiger partial charge in [0, 0.05) is 42.0 Å². The van der Waals surface area contributed by atoms with Crippen LogP contribution in [0.15, 0.2) is 65.0 Å². The average molecular weight is 578 g/mol. The molecular weight excluding hydrogens is 530 g/mol. The van der Waals surface area contributed by atoms with E-state index in [1.807, 2.05) is 19.1 Å². The van der Waals surface area contributed by atoms with E-state index in [-0.39, 0.29) is 31.4 Å². The van der Waals surface area contributed by atoms with E-state index in [1.165, 1.54) is 11.3 Å². The highest BCUT2D eigenvalue weighted by Crippen LogP contribution is 2.44. The molecule has 0 aromatic heterocycles. The summed E-state index contributed by atoms with van der Waals surface area (Å²) in [4.78, 5) is 9.31. The van der Waals surface area contributed by atoms with Crippen molar-refractivity contribution in [3.63, 3.8) is 0 Å². The number of benzene rings is 1. The summed E-state index contributed by atoms with van der Waals surface area (Å²) in [6.45, 7) is 12.2. The van der Waals surface area contributed by atoms with Crippen molar-refractivity contribution >= 4 is 12.0 Å². The maximum Gasteiger partial charge on any atom is 0.131 e. The van der Waals surface area contributed by atoms with Gasteiger partial charge in [-0.25, -0.2) is 0 Å². The molecule has 0 amide bonds. The molecule has 9 nitrogen and oxygen atoms in total. The van der Waals surface area contributed by atoms with E-state index in [2.05, 4.69) is 66.0 Å². The lowest BCUT2D eigenvalue weighted by atomic mass is 9.68. The van der Waals surface area contributed by atoms with Crippen LogP contribution in [0.4, 0.5) is 5.69 Å². The fourth-order valence-electron chi connectivity index (χ4n) is 6.15. The van der Waals surface area contributed by atoms with Gasteiger partial charge >= 0.3 is 0 Å². The zero-order valence-corrected chi connectivity index (χ0v) is 25.3. The molecule has 2 aliphatic heterocycles. The number of allylic oxidation sites excluding steroid dienone is 3. The zero-order chi connectivity index (χ0) is 30.1. The van der Waals surface area contributed by atoms with Gasteiger partial charge in [-0.3, -0.25) is 9.89 Å². The van der Waals surface area contributed by atoms with Crippen molar-refractivity contribution in [3.05, 3.63) is 65.6 Å². The van der Waals surface area contributed by atoms with Crippen LogP contribution in [0.1, 0.15) is 45.1 Å². The van der Waals surface area contributed by atoms with Gasteiger partial charge < -0.3 is 29.9 Å². The Kier molecular flexibility index (Phi) is 11.2. The quantitative estimate of drug-likeness (QED) is 0.285. The number of likely N-dealkylation sites (N-methyl/N-ethyl adjacent to an activating group) is 1. The summed E-state index contributed by atoms with van der Waals surface area (Å²) in [6, 6.07) is 11.2. The molecular formula is C33H47N5O4. The molecule has 1 aromatic rings. The Bertz CT molecular complexity index is 1170. The Hall–Kier alpha value is -3.16. The van der Waals surface area contributed by atoms with E-state index < -0.39 is 11.3 Å². The molecule has 0 spiro atoms. The summed E-state index contributed by atoms with van der Waals surface area (Å²) in [7, 11) is 2.07. The second kappa shape index (κ2) is 14.8. The molecule has 1 aromatic carbocycles. The normalized spacial score (nSPS) is 22.3. The first-order valence-corrected chi connectivity index (χ1v) is 15.1. The van der Waals surface area contributed by atoms with Crippen LogP contribution < -0.4 is 10.2 Å². The Morgan fingerprint density at radius 2 is 1.98 bits per heavy atom. The Morgan fingerprint density at radius 3 is 2.57 bits per heavy atom. The minimum atomic E-state index is -0.474. The number of hydrogen-bond donors (Lipinski definition) is 3. The van der Waals surface area contributed by atoms with E-state index in [0.29, 0.717) is 25.0 Å². The average Bonchev–Trinajstić information content (AvgIpc) is 3.01. The summed E-state index contributed by atoms with van der Waals surface area (Å²) in [5, 5.41) is 32.8. The number of nitrogens with zero attached hydrogens (tertiary/aromatic N) is 4. The molecule has 3 atom stereocenters. The van der Waals surface area contributed by atoms with E-state index in [9.17, 15) is 15.5 Å². The fraction of sp³-hybridized carbons (Fsp3) is 0.576. The van der Waals surface area contributed by atoms with Gasteiger partial charge in [0.2, 0.25) is 0 Å². The van der Waals surface area contributed by atoms with E-state index in [4.69, 9.17) is 14.5 Å². The van der Waals surface area contributed by atoms with E-state index >= 15 is 0 Å². The first-order valence-electron chi connectivity index (χ1n) is 15.1. The number of anilines is 1. The Balaban J connectivity index is 1.41. The van der Waals surface area contributed by atoms with Crippen LogP contribution >= 0.6 is 0 Å². The van der Waals surface area contributed by atoms with Crippen LogP contribution in [0.25, 0.3) is 0 Å². The number of aliphatic imine (C=N–C) groups is 1. The smallest absolute Gasteiger partial charge is 0.131 e. The second-order valence-electron chi connectivity index (χ2n) is 11.8. The minimum absolute atomic E-state index is 0.0253. The molecule has 0 radical (unpaired) electrons. The summed E-state index contributed by atoms with van der Waals surface area (Å²) in [6.07, 6.45) is 7.82. The van der Waals surface area contributed by atoms with Gasteiger partial charge in [-0.2, -0.15) is 5.26 Å². The third-order valence-electron chi connectivity index (χ3n) is 8.69. The van der Waals surface area contributed by atoms with Crippen molar-refractivity contribution in [1.29, 1.82) is 5.26 Å². The summed E-state index contributed by atoms with van der Waals surface area (Å²) < 4.78 is 11.7. The second-order valence-corrected chi connectivity index (χ2v) is 11.8. The molecule has 1 aliphatic carbocycles. The van der Waals surface area contributed by atoms with Crippen molar-refractivity contribution in [2.75, 3.05) is 51.5 Å². The van der Waals surface area contributed by atoms with Gasteiger partial charge in [0.15, 0.2) is 0 Å². The molecule has 2 fully saturated rings. The molecule has 1 unspecified atom stereocenters. The van der Waals surface area contributed by atoms with Gasteiger partial charge in [-0.15, -0.1) is 0 Å². The van der Waals surface area contributed by atoms with Crippen LogP contribution in [0, 0.1) is 28.6 Å². The molecule has 9 heteroatoms. The van der Waals surface area contributed by atoms with Crippen molar-refractivity contribution in [3.8, 4) is 6.07 Å². The molecule has 228 valence electrons. The minimum Gasteiger partial charge on any atom is -0.494 e. The number of aliphatic hydroxyl groups excluding tert-OH is 2. The van der Waals surface area contributed by atoms with Gasteiger partial charge in [0.05, 0.1) is 44.9 Å². The summed E-state index contributed by atoms with van der Waals surface area (Å²) >= 11 is 0. The Morgan fingerprint density at radius 1 is 1.29 bits per heavy atom.